The van der Waals surface area contributed by atoms with Crippen molar-refractivity contribution in [2.24, 2.45) is 5.73 Å². The maximum Gasteiger partial charge on any atom is 0.283 e. The van der Waals surface area contributed by atoms with Gasteiger partial charge >= 0.3 is 0 Å². The summed E-state index contributed by atoms with van der Waals surface area (Å²) < 4.78 is 0. The minimum Gasteiger partial charge on any atom is -0.366 e. The van der Waals surface area contributed by atoms with Crippen LogP contribution in [0.3, 0.4) is 0 Å². The van der Waals surface area contributed by atoms with Gasteiger partial charge in [0, 0.05) is 24.7 Å². The third kappa shape index (κ3) is 4.95. The lowest BCUT2D eigenvalue weighted by Gasteiger charge is -2.24. The van der Waals surface area contributed by atoms with E-state index in [2.05, 4.69) is 0 Å². The van der Waals surface area contributed by atoms with Crippen molar-refractivity contribution in [3.63, 3.8) is 0 Å². The molecule has 1 aliphatic heterocycles. The average molecular weight is 351 g/mol. The van der Waals surface area contributed by atoms with Crippen LogP contribution < -0.4 is 5.73 Å². The monoisotopic (exact) mass is 351 g/mol. The van der Waals surface area contributed by atoms with Gasteiger partial charge in [0.1, 0.15) is 0 Å². The van der Waals surface area contributed by atoms with Crippen molar-refractivity contribution in [3.05, 3.63) is 33.9 Å². The van der Waals surface area contributed by atoms with Crippen molar-refractivity contribution >= 4 is 29.3 Å². The number of nitrogens with two attached hydrogens (primary N) is 1. The molecule has 2 N–H and O–H groups in total. The summed E-state index contributed by atoms with van der Waals surface area (Å²) in [5.74, 6) is -0.571. The van der Waals surface area contributed by atoms with Gasteiger partial charge in [-0.1, -0.05) is 19.3 Å². The first-order valence-corrected chi connectivity index (χ1v) is 8.96. The van der Waals surface area contributed by atoms with Gasteiger partial charge in [0.25, 0.3) is 5.69 Å². The zero-order chi connectivity index (χ0) is 17.5. The molecular weight excluding hydrogens is 330 g/mol. The minimum absolute atomic E-state index is 0.00447. The number of carbonyl (C=O) groups is 2. The van der Waals surface area contributed by atoms with Gasteiger partial charge in [-0.3, -0.25) is 19.7 Å². The Hall–Kier alpha value is -2.09. The lowest BCUT2D eigenvalue weighted by atomic mass is 10.1. The maximum absolute atomic E-state index is 12.4. The maximum atomic E-state index is 12.4. The molecule has 2 rings (SSSR count). The molecule has 1 aromatic rings. The summed E-state index contributed by atoms with van der Waals surface area (Å²) in [5.41, 5.74) is 5.04. The first-order chi connectivity index (χ1) is 11.5. The van der Waals surface area contributed by atoms with E-state index in [0.29, 0.717) is 4.90 Å². The van der Waals surface area contributed by atoms with Crippen LogP contribution in [0, 0.1) is 10.1 Å². The molecule has 130 valence electrons. The van der Waals surface area contributed by atoms with E-state index in [0.717, 1.165) is 56.6 Å². The van der Waals surface area contributed by atoms with Gasteiger partial charge in [-0.15, -0.1) is 11.8 Å². The Balaban J connectivity index is 2.03. The molecule has 0 radical (unpaired) electrons. The van der Waals surface area contributed by atoms with Crippen molar-refractivity contribution in [3.8, 4) is 0 Å². The van der Waals surface area contributed by atoms with Crippen LogP contribution in [0.4, 0.5) is 5.69 Å². The fourth-order valence-electron chi connectivity index (χ4n) is 2.66. The highest BCUT2D eigenvalue weighted by molar-refractivity contribution is 8.00. The number of hydrogen-bond donors (Lipinski definition) is 1. The molecule has 8 heteroatoms. The number of nitro benzene ring substituents is 1. The van der Waals surface area contributed by atoms with Gasteiger partial charge in [0.05, 0.1) is 15.6 Å². The first-order valence-electron chi connectivity index (χ1n) is 7.98. The van der Waals surface area contributed by atoms with Crippen molar-refractivity contribution in [2.45, 2.75) is 37.0 Å². The number of amides is 2. The minimum atomic E-state index is -0.716. The van der Waals surface area contributed by atoms with Crippen molar-refractivity contribution < 1.29 is 14.5 Å². The summed E-state index contributed by atoms with van der Waals surface area (Å²) >= 11 is 1.12. The van der Waals surface area contributed by atoms with E-state index in [4.69, 9.17) is 5.73 Å². The molecule has 0 aliphatic carbocycles. The van der Waals surface area contributed by atoms with E-state index in [1.54, 1.807) is 0 Å². The predicted octanol–water partition coefficient (Wildman–Crippen LogP) is 2.58. The standard InChI is InChI=1S/C16H21N3O4S/c17-16(21)12-6-7-14(13(10-12)19(22)23)24-11-15(20)18-8-4-2-1-3-5-9-18/h6-7,10H,1-5,8-9,11H2,(H2,17,21). The second-order valence-electron chi connectivity index (χ2n) is 5.74. The van der Waals surface area contributed by atoms with Gasteiger partial charge in [-0.05, 0) is 25.0 Å². The number of nitrogens with zero attached hydrogens (tertiary/aromatic N) is 2. The summed E-state index contributed by atoms with van der Waals surface area (Å²) in [6, 6.07) is 4.08. The quantitative estimate of drug-likeness (QED) is 0.498. The zero-order valence-corrected chi connectivity index (χ0v) is 14.2. The molecule has 0 spiro atoms. The van der Waals surface area contributed by atoms with E-state index in [1.807, 2.05) is 4.90 Å². The summed E-state index contributed by atoms with van der Waals surface area (Å²) in [5, 5.41) is 11.2. The zero-order valence-electron chi connectivity index (χ0n) is 13.4. The highest BCUT2D eigenvalue weighted by atomic mass is 32.2. The van der Waals surface area contributed by atoms with E-state index < -0.39 is 10.8 Å². The van der Waals surface area contributed by atoms with Crippen molar-refractivity contribution in [1.29, 1.82) is 0 Å². The fraction of sp³-hybridized carbons (Fsp3) is 0.500. The van der Waals surface area contributed by atoms with Crippen LogP contribution >= 0.6 is 11.8 Å². The fourth-order valence-corrected chi connectivity index (χ4v) is 3.57. The Kier molecular flexibility index (Phi) is 6.60. The summed E-state index contributed by atoms with van der Waals surface area (Å²) in [4.78, 5) is 36.3. The first kappa shape index (κ1) is 18.3. The largest absolute Gasteiger partial charge is 0.366 e. The third-order valence-electron chi connectivity index (χ3n) is 4.00. The van der Waals surface area contributed by atoms with E-state index in [-0.39, 0.29) is 22.9 Å². The summed E-state index contributed by atoms with van der Waals surface area (Å²) in [6.45, 7) is 1.50. The van der Waals surface area contributed by atoms with Crippen LogP contribution in [0.25, 0.3) is 0 Å². The molecule has 0 bridgehead atoms. The van der Waals surface area contributed by atoms with Gasteiger partial charge in [0.2, 0.25) is 11.8 Å². The van der Waals surface area contributed by atoms with Crippen LogP contribution in [-0.4, -0.2) is 40.5 Å². The second-order valence-corrected chi connectivity index (χ2v) is 6.76. The number of nitro groups is 1. The Morgan fingerprint density at radius 2 is 1.79 bits per heavy atom. The molecule has 7 nitrogen and oxygen atoms in total. The molecule has 0 atom stereocenters. The number of likely N-dealkylation sites (tertiary alicyclic amines) is 1. The molecule has 1 fully saturated rings. The number of thioether (sulfide) groups is 1. The normalized spacial score (nSPS) is 15.4. The number of rotatable bonds is 5. The van der Waals surface area contributed by atoms with Crippen molar-refractivity contribution in [1.82, 2.24) is 4.90 Å². The van der Waals surface area contributed by atoms with E-state index in [1.165, 1.54) is 18.6 Å². The van der Waals surface area contributed by atoms with E-state index in [9.17, 15) is 19.7 Å². The molecule has 2 amide bonds. The molecule has 1 aromatic carbocycles. The van der Waals surface area contributed by atoms with E-state index >= 15 is 0 Å². The molecule has 1 aliphatic rings. The van der Waals surface area contributed by atoms with Crippen molar-refractivity contribution in [2.75, 3.05) is 18.8 Å². The molecule has 1 saturated heterocycles. The molecule has 0 aromatic heterocycles. The van der Waals surface area contributed by atoms with Gasteiger partial charge < -0.3 is 10.6 Å². The van der Waals surface area contributed by atoms with Crippen LogP contribution in [0.1, 0.15) is 42.5 Å². The second kappa shape index (κ2) is 8.68. The molecule has 24 heavy (non-hydrogen) atoms. The topological polar surface area (TPSA) is 107 Å². The summed E-state index contributed by atoms with van der Waals surface area (Å²) in [7, 11) is 0. The Labute approximate surface area is 144 Å². The summed E-state index contributed by atoms with van der Waals surface area (Å²) in [6.07, 6.45) is 5.50. The van der Waals surface area contributed by atoms with Crippen LogP contribution in [0.2, 0.25) is 0 Å². The number of hydrogen-bond acceptors (Lipinski definition) is 5. The Morgan fingerprint density at radius 3 is 2.38 bits per heavy atom. The SMILES string of the molecule is NC(=O)c1ccc(SCC(=O)N2CCCCCCC2)c([N+](=O)[O-])c1. The average Bonchev–Trinajstić information content (AvgIpc) is 2.51. The number of primary amides is 1. The molecule has 0 saturated carbocycles. The van der Waals surface area contributed by atoms with Gasteiger partial charge in [-0.25, -0.2) is 0 Å². The highest BCUT2D eigenvalue weighted by Crippen LogP contribution is 2.30. The van der Waals surface area contributed by atoms with Crippen LogP contribution in [-0.2, 0) is 4.79 Å². The van der Waals surface area contributed by atoms with Crippen LogP contribution in [0.15, 0.2) is 23.1 Å². The lowest BCUT2D eigenvalue weighted by molar-refractivity contribution is -0.387. The Morgan fingerprint density at radius 1 is 1.17 bits per heavy atom. The highest BCUT2D eigenvalue weighted by Gasteiger charge is 2.20. The van der Waals surface area contributed by atoms with Gasteiger partial charge in [-0.2, -0.15) is 0 Å². The Bertz CT molecular complexity index is 628. The number of benzene rings is 1. The number of carbonyl (C=O) groups excluding carboxylic acids is 2. The van der Waals surface area contributed by atoms with Crippen LogP contribution in [0.5, 0.6) is 0 Å². The molecule has 0 unspecified atom stereocenters. The third-order valence-corrected chi connectivity index (χ3v) is 5.05. The predicted molar refractivity (Wildman–Crippen MR) is 92.0 cm³/mol. The lowest BCUT2D eigenvalue weighted by Crippen LogP contribution is -2.35. The smallest absolute Gasteiger partial charge is 0.283 e. The molecule has 1 heterocycles. The molecular formula is C16H21N3O4S. The van der Waals surface area contributed by atoms with Gasteiger partial charge in [0.15, 0.2) is 0 Å².